The van der Waals surface area contributed by atoms with Crippen LogP contribution in [0.15, 0.2) is 29.3 Å². The molecule has 1 aromatic carbocycles. The highest BCUT2D eigenvalue weighted by atomic mass is 32.2. The van der Waals surface area contributed by atoms with Crippen LogP contribution < -0.4 is 5.32 Å². The lowest BCUT2D eigenvalue weighted by atomic mass is 10.2. The van der Waals surface area contributed by atoms with Gasteiger partial charge in [0.1, 0.15) is 4.38 Å². The first-order valence-corrected chi connectivity index (χ1v) is 7.91. The van der Waals surface area contributed by atoms with Gasteiger partial charge in [-0.25, -0.2) is 4.79 Å². The Morgan fingerprint density at radius 2 is 2.10 bits per heavy atom. The third kappa shape index (κ3) is 4.01. The summed E-state index contributed by atoms with van der Waals surface area (Å²) < 4.78 is 0.953. The van der Waals surface area contributed by atoms with E-state index in [2.05, 4.69) is 10.3 Å². The van der Waals surface area contributed by atoms with E-state index in [-0.39, 0.29) is 16.7 Å². The molecule has 2 rings (SSSR count). The summed E-state index contributed by atoms with van der Waals surface area (Å²) in [4.78, 5) is 27.0. The summed E-state index contributed by atoms with van der Waals surface area (Å²) in [5.41, 5.74) is 0.788. The van der Waals surface area contributed by atoms with Gasteiger partial charge in [0.05, 0.1) is 17.4 Å². The Bertz CT molecular complexity index is 543. The molecule has 1 unspecified atom stereocenters. The van der Waals surface area contributed by atoms with Gasteiger partial charge in [0, 0.05) is 11.4 Å². The number of hydrogen-bond acceptors (Lipinski definition) is 5. The van der Waals surface area contributed by atoms with E-state index < -0.39 is 5.97 Å². The number of carbonyl (C=O) groups excluding carboxylic acids is 1. The van der Waals surface area contributed by atoms with Crippen LogP contribution in [0.4, 0.5) is 5.69 Å². The first-order valence-electron chi connectivity index (χ1n) is 6.04. The van der Waals surface area contributed by atoms with Gasteiger partial charge in [-0.3, -0.25) is 9.79 Å². The molecular weight excluding hydrogens is 296 g/mol. The number of thioether (sulfide) groups is 2. The monoisotopic (exact) mass is 310 g/mol. The maximum atomic E-state index is 12.0. The molecule has 0 radical (unpaired) electrons. The molecule has 0 aliphatic carbocycles. The first kappa shape index (κ1) is 14.9. The van der Waals surface area contributed by atoms with Crippen molar-refractivity contribution in [1.29, 1.82) is 0 Å². The highest BCUT2D eigenvalue weighted by molar-refractivity contribution is 8.39. The number of carbonyl (C=O) groups is 2. The van der Waals surface area contributed by atoms with Crippen molar-refractivity contribution in [3.63, 3.8) is 0 Å². The number of carboxylic acids is 1. The fourth-order valence-electron chi connectivity index (χ4n) is 1.53. The summed E-state index contributed by atoms with van der Waals surface area (Å²) in [6, 6.07) is 6.10. The van der Waals surface area contributed by atoms with E-state index in [9.17, 15) is 9.59 Å². The summed E-state index contributed by atoms with van der Waals surface area (Å²) in [5.74, 6) is -0.121. The summed E-state index contributed by atoms with van der Waals surface area (Å²) >= 11 is 3.12. The van der Waals surface area contributed by atoms with Gasteiger partial charge >= 0.3 is 5.97 Å². The van der Waals surface area contributed by atoms with Crippen LogP contribution in [0.1, 0.15) is 17.3 Å². The molecule has 1 atom stereocenters. The Hall–Kier alpha value is -1.47. The molecule has 0 aromatic heterocycles. The van der Waals surface area contributed by atoms with E-state index in [1.54, 1.807) is 23.9 Å². The van der Waals surface area contributed by atoms with Crippen LogP contribution in [0.2, 0.25) is 0 Å². The van der Waals surface area contributed by atoms with Crippen molar-refractivity contribution >= 4 is 45.5 Å². The molecule has 1 aromatic rings. The molecule has 20 heavy (non-hydrogen) atoms. The predicted octanol–water partition coefficient (Wildman–Crippen LogP) is 2.55. The van der Waals surface area contributed by atoms with E-state index in [4.69, 9.17) is 5.11 Å². The van der Waals surface area contributed by atoms with Crippen molar-refractivity contribution in [1.82, 2.24) is 0 Å². The fourth-order valence-corrected chi connectivity index (χ4v) is 3.66. The smallest absolute Gasteiger partial charge is 0.335 e. The average Bonchev–Trinajstić information content (AvgIpc) is 2.92. The van der Waals surface area contributed by atoms with Crippen molar-refractivity contribution in [2.45, 2.75) is 12.2 Å². The van der Waals surface area contributed by atoms with Crippen LogP contribution in [0.3, 0.4) is 0 Å². The molecule has 1 aliphatic heterocycles. The van der Waals surface area contributed by atoms with Gasteiger partial charge in [0.2, 0.25) is 5.91 Å². The van der Waals surface area contributed by atoms with Gasteiger partial charge in [0.25, 0.3) is 0 Å². The maximum absolute atomic E-state index is 12.0. The van der Waals surface area contributed by atoms with Crippen LogP contribution in [-0.2, 0) is 4.79 Å². The molecule has 0 saturated heterocycles. The second kappa shape index (κ2) is 6.81. The number of carboxylic acid groups (broad SMARTS) is 1. The van der Waals surface area contributed by atoms with E-state index in [1.165, 1.54) is 23.9 Å². The lowest BCUT2D eigenvalue weighted by molar-refractivity contribution is -0.115. The number of amides is 1. The molecule has 0 bridgehead atoms. The normalized spacial score (nSPS) is 15.6. The molecule has 1 amide bonds. The molecule has 5 nitrogen and oxygen atoms in total. The average molecular weight is 310 g/mol. The van der Waals surface area contributed by atoms with Gasteiger partial charge in [0.15, 0.2) is 0 Å². The topological polar surface area (TPSA) is 78.8 Å². The minimum absolute atomic E-state index is 0.117. The highest BCUT2D eigenvalue weighted by Gasteiger charge is 2.18. The Morgan fingerprint density at radius 1 is 1.40 bits per heavy atom. The number of rotatable bonds is 4. The minimum Gasteiger partial charge on any atom is -0.478 e. The van der Waals surface area contributed by atoms with Crippen molar-refractivity contribution in [2.75, 3.05) is 17.6 Å². The zero-order chi connectivity index (χ0) is 14.5. The molecular formula is C13H14N2O3S2. The molecule has 106 valence electrons. The van der Waals surface area contributed by atoms with Gasteiger partial charge in [-0.15, -0.1) is 0 Å². The highest BCUT2D eigenvalue weighted by Crippen LogP contribution is 2.26. The van der Waals surface area contributed by atoms with E-state index >= 15 is 0 Å². The molecule has 0 fully saturated rings. The van der Waals surface area contributed by atoms with E-state index in [0.29, 0.717) is 5.69 Å². The van der Waals surface area contributed by atoms with Crippen molar-refractivity contribution < 1.29 is 14.7 Å². The number of benzene rings is 1. The first-order chi connectivity index (χ1) is 9.56. The van der Waals surface area contributed by atoms with Crippen LogP contribution in [0.25, 0.3) is 0 Å². The van der Waals surface area contributed by atoms with Crippen LogP contribution in [0, 0.1) is 0 Å². The van der Waals surface area contributed by atoms with Crippen LogP contribution in [-0.4, -0.2) is 38.9 Å². The molecule has 1 heterocycles. The van der Waals surface area contributed by atoms with Gasteiger partial charge in [-0.1, -0.05) is 23.5 Å². The summed E-state index contributed by atoms with van der Waals surface area (Å²) in [5, 5.41) is 11.3. The Balaban J connectivity index is 1.91. The summed E-state index contributed by atoms with van der Waals surface area (Å²) in [7, 11) is 0. The summed E-state index contributed by atoms with van der Waals surface area (Å²) in [6.07, 6.45) is 0. The van der Waals surface area contributed by atoms with Crippen molar-refractivity contribution in [3.8, 4) is 0 Å². The maximum Gasteiger partial charge on any atom is 0.335 e. The van der Waals surface area contributed by atoms with Gasteiger partial charge < -0.3 is 10.4 Å². The number of nitrogens with zero attached hydrogens (tertiary/aromatic N) is 1. The van der Waals surface area contributed by atoms with Crippen LogP contribution in [0.5, 0.6) is 0 Å². The van der Waals surface area contributed by atoms with E-state index in [1.807, 2.05) is 6.92 Å². The Labute approximate surface area is 125 Å². The zero-order valence-corrected chi connectivity index (χ0v) is 12.5. The SMILES string of the molecule is CC(SC1=NCCS1)C(=O)Nc1ccc(C(=O)O)cc1. The fraction of sp³-hybridized carbons (Fsp3) is 0.308. The quantitative estimate of drug-likeness (QED) is 0.893. The third-order valence-electron chi connectivity index (χ3n) is 2.60. The lowest BCUT2D eigenvalue weighted by Crippen LogP contribution is -2.23. The number of nitrogens with one attached hydrogen (secondary N) is 1. The number of hydrogen-bond donors (Lipinski definition) is 2. The predicted molar refractivity (Wildman–Crippen MR) is 83.8 cm³/mol. The molecule has 1 aliphatic rings. The second-order valence-corrected chi connectivity index (χ2v) is 6.80. The zero-order valence-electron chi connectivity index (χ0n) is 10.8. The Morgan fingerprint density at radius 3 is 2.65 bits per heavy atom. The largest absolute Gasteiger partial charge is 0.478 e. The van der Waals surface area contributed by atoms with E-state index in [0.717, 1.165) is 16.7 Å². The van der Waals surface area contributed by atoms with Crippen molar-refractivity contribution in [3.05, 3.63) is 29.8 Å². The number of aliphatic imine (C=N–C) groups is 1. The molecule has 0 saturated carbocycles. The lowest BCUT2D eigenvalue weighted by Gasteiger charge is -2.11. The van der Waals surface area contributed by atoms with Gasteiger partial charge in [-0.2, -0.15) is 0 Å². The standard InChI is InChI=1S/C13H14N2O3S2/c1-8(20-13-14-6-7-19-13)11(16)15-10-4-2-9(3-5-10)12(17)18/h2-5,8H,6-7H2,1H3,(H,15,16)(H,17,18). The second-order valence-electron chi connectivity index (χ2n) is 4.13. The minimum atomic E-state index is -0.983. The van der Waals surface area contributed by atoms with Crippen LogP contribution >= 0.6 is 23.5 Å². The number of aromatic carboxylic acids is 1. The van der Waals surface area contributed by atoms with Gasteiger partial charge in [-0.05, 0) is 31.2 Å². The molecule has 2 N–H and O–H groups in total. The molecule has 0 spiro atoms. The third-order valence-corrected chi connectivity index (χ3v) is 4.91. The van der Waals surface area contributed by atoms with Crippen molar-refractivity contribution in [2.24, 2.45) is 4.99 Å². The number of anilines is 1. The Kier molecular flexibility index (Phi) is 5.08. The molecule has 7 heteroatoms. The summed E-state index contributed by atoms with van der Waals surface area (Å²) in [6.45, 7) is 2.64.